The SMILES string of the molecule is CCN(C(=O)CCc1ncc(-c2ccc(C)c(C)c2)o1)c1c(N)n(Cc2ccccc2)c(=O)[nH]c1=O. The highest BCUT2D eigenvalue weighted by Crippen LogP contribution is 2.24. The van der Waals surface area contributed by atoms with Gasteiger partial charge in [-0.25, -0.2) is 9.78 Å². The van der Waals surface area contributed by atoms with Crippen LogP contribution in [-0.2, 0) is 17.8 Å². The second-order valence-corrected chi connectivity index (χ2v) is 8.62. The maximum Gasteiger partial charge on any atom is 0.330 e. The summed E-state index contributed by atoms with van der Waals surface area (Å²) in [4.78, 5) is 46.2. The smallest absolute Gasteiger partial charge is 0.330 e. The molecular weight excluding hydrogens is 458 g/mol. The second-order valence-electron chi connectivity index (χ2n) is 8.62. The van der Waals surface area contributed by atoms with E-state index in [1.54, 1.807) is 13.1 Å². The fraction of sp³-hybridized carbons (Fsp3) is 0.259. The number of amides is 1. The van der Waals surface area contributed by atoms with Gasteiger partial charge < -0.3 is 15.1 Å². The summed E-state index contributed by atoms with van der Waals surface area (Å²) < 4.78 is 7.12. The first kappa shape index (κ1) is 24.7. The van der Waals surface area contributed by atoms with E-state index in [1.807, 2.05) is 62.4 Å². The predicted octanol–water partition coefficient (Wildman–Crippen LogP) is 3.42. The van der Waals surface area contributed by atoms with E-state index < -0.39 is 11.2 Å². The van der Waals surface area contributed by atoms with E-state index in [9.17, 15) is 14.4 Å². The highest BCUT2D eigenvalue weighted by atomic mass is 16.4. The Morgan fingerprint density at radius 2 is 1.86 bits per heavy atom. The van der Waals surface area contributed by atoms with Crippen LogP contribution in [0.3, 0.4) is 0 Å². The van der Waals surface area contributed by atoms with Crippen molar-refractivity contribution < 1.29 is 9.21 Å². The van der Waals surface area contributed by atoms with Gasteiger partial charge >= 0.3 is 5.69 Å². The van der Waals surface area contributed by atoms with Gasteiger partial charge in [-0.15, -0.1) is 0 Å². The van der Waals surface area contributed by atoms with Crippen molar-refractivity contribution in [3.63, 3.8) is 0 Å². The zero-order chi connectivity index (χ0) is 25.8. The van der Waals surface area contributed by atoms with Crippen LogP contribution in [0.1, 0.15) is 35.9 Å². The lowest BCUT2D eigenvalue weighted by Gasteiger charge is -2.23. The molecule has 0 aliphatic rings. The molecule has 0 saturated carbocycles. The first-order valence-electron chi connectivity index (χ1n) is 11.8. The quantitative estimate of drug-likeness (QED) is 0.392. The minimum atomic E-state index is -0.704. The van der Waals surface area contributed by atoms with Gasteiger partial charge in [0, 0.05) is 24.9 Å². The first-order valence-corrected chi connectivity index (χ1v) is 11.8. The van der Waals surface area contributed by atoms with E-state index in [4.69, 9.17) is 10.2 Å². The summed E-state index contributed by atoms with van der Waals surface area (Å²) in [5.74, 6) is 0.659. The zero-order valence-electron chi connectivity index (χ0n) is 20.6. The van der Waals surface area contributed by atoms with Crippen LogP contribution in [-0.4, -0.2) is 27.0 Å². The molecule has 186 valence electrons. The number of anilines is 2. The normalized spacial score (nSPS) is 11.0. The molecule has 3 N–H and O–H groups in total. The van der Waals surface area contributed by atoms with Crippen molar-refractivity contribution in [3.05, 3.63) is 98.1 Å². The van der Waals surface area contributed by atoms with Gasteiger partial charge in [0.25, 0.3) is 5.56 Å². The molecule has 9 nitrogen and oxygen atoms in total. The number of benzene rings is 2. The summed E-state index contributed by atoms with van der Waals surface area (Å²) in [7, 11) is 0. The number of aryl methyl sites for hydroxylation is 3. The Morgan fingerprint density at radius 3 is 2.56 bits per heavy atom. The number of nitrogens with zero attached hydrogens (tertiary/aromatic N) is 3. The summed E-state index contributed by atoms with van der Waals surface area (Å²) >= 11 is 0. The van der Waals surface area contributed by atoms with Crippen molar-refractivity contribution in [3.8, 4) is 11.3 Å². The Hall–Kier alpha value is -4.40. The lowest BCUT2D eigenvalue weighted by atomic mass is 10.1. The number of rotatable bonds is 8. The summed E-state index contributed by atoms with van der Waals surface area (Å²) in [5, 5.41) is 0. The Balaban J connectivity index is 1.53. The lowest BCUT2D eigenvalue weighted by Crippen LogP contribution is -2.41. The van der Waals surface area contributed by atoms with Crippen molar-refractivity contribution in [2.45, 2.75) is 40.2 Å². The van der Waals surface area contributed by atoms with Gasteiger partial charge in [-0.2, -0.15) is 0 Å². The zero-order valence-corrected chi connectivity index (χ0v) is 20.6. The summed E-state index contributed by atoms with van der Waals surface area (Å²) in [6, 6.07) is 15.3. The largest absolute Gasteiger partial charge is 0.441 e. The molecule has 0 aliphatic carbocycles. The van der Waals surface area contributed by atoms with E-state index in [1.165, 1.54) is 15.0 Å². The molecule has 1 amide bonds. The molecule has 0 unspecified atom stereocenters. The second kappa shape index (κ2) is 10.5. The van der Waals surface area contributed by atoms with Gasteiger partial charge in [-0.1, -0.05) is 42.5 Å². The molecule has 0 spiro atoms. The number of carbonyl (C=O) groups is 1. The van der Waals surface area contributed by atoms with Gasteiger partial charge in [0.05, 0.1) is 12.7 Å². The van der Waals surface area contributed by atoms with E-state index in [2.05, 4.69) is 9.97 Å². The minimum Gasteiger partial charge on any atom is -0.441 e. The van der Waals surface area contributed by atoms with Gasteiger partial charge in [-0.3, -0.25) is 19.1 Å². The molecule has 9 heteroatoms. The number of carbonyl (C=O) groups excluding carboxylic acids is 1. The third-order valence-electron chi connectivity index (χ3n) is 6.18. The van der Waals surface area contributed by atoms with Crippen molar-refractivity contribution in [2.75, 3.05) is 17.2 Å². The van der Waals surface area contributed by atoms with Gasteiger partial charge in [0.1, 0.15) is 5.82 Å². The molecule has 0 bridgehead atoms. The minimum absolute atomic E-state index is 0.0405. The predicted molar refractivity (Wildman–Crippen MR) is 139 cm³/mol. The van der Waals surface area contributed by atoms with E-state index in [0.717, 1.165) is 16.7 Å². The Kier molecular flexibility index (Phi) is 7.19. The van der Waals surface area contributed by atoms with E-state index in [0.29, 0.717) is 11.7 Å². The summed E-state index contributed by atoms with van der Waals surface area (Å²) in [5.41, 5.74) is 8.97. The topological polar surface area (TPSA) is 127 Å². The number of hydrogen-bond donors (Lipinski definition) is 2. The van der Waals surface area contributed by atoms with Crippen LogP contribution in [0.25, 0.3) is 11.3 Å². The number of hydrogen-bond acceptors (Lipinski definition) is 6. The molecule has 0 atom stereocenters. The van der Waals surface area contributed by atoms with Crippen LogP contribution in [0, 0.1) is 13.8 Å². The number of nitrogen functional groups attached to an aromatic ring is 1. The summed E-state index contributed by atoms with van der Waals surface area (Å²) in [6.45, 7) is 6.19. The van der Waals surface area contributed by atoms with Crippen LogP contribution in [0.4, 0.5) is 11.5 Å². The standard InChI is InChI=1S/C27H29N5O4/c1-4-31(24-25(28)32(27(35)30-26(24)34)16-19-8-6-5-7-9-19)23(33)13-12-22-29-15-21(36-22)20-11-10-17(2)18(3)14-20/h5-11,14-15H,4,12-13,16,28H2,1-3H3,(H,30,34,35). The molecule has 2 heterocycles. The molecule has 4 rings (SSSR count). The maximum absolute atomic E-state index is 13.1. The number of aromatic amines is 1. The van der Waals surface area contributed by atoms with E-state index in [-0.39, 0.29) is 43.3 Å². The number of oxazole rings is 1. The Labute approximate surface area is 208 Å². The number of nitrogens with two attached hydrogens (primary N) is 1. The molecular formula is C27H29N5O4. The van der Waals surface area contributed by atoms with E-state index >= 15 is 0 Å². The lowest BCUT2D eigenvalue weighted by molar-refractivity contribution is -0.118. The Bertz CT molecular complexity index is 1500. The first-order chi connectivity index (χ1) is 17.3. The van der Waals surface area contributed by atoms with Gasteiger partial charge in [-0.05, 0) is 43.5 Å². The highest BCUT2D eigenvalue weighted by Gasteiger charge is 2.23. The monoisotopic (exact) mass is 487 g/mol. The number of nitrogens with one attached hydrogen (secondary N) is 1. The van der Waals surface area contributed by atoms with Crippen molar-refractivity contribution >= 4 is 17.4 Å². The van der Waals surface area contributed by atoms with Crippen LogP contribution >= 0.6 is 0 Å². The van der Waals surface area contributed by atoms with Crippen molar-refractivity contribution in [1.82, 2.24) is 14.5 Å². The fourth-order valence-corrected chi connectivity index (χ4v) is 4.02. The number of aromatic nitrogens is 3. The third kappa shape index (κ3) is 5.14. The molecule has 2 aromatic carbocycles. The molecule has 0 saturated heterocycles. The van der Waals surface area contributed by atoms with Crippen molar-refractivity contribution in [2.24, 2.45) is 0 Å². The average molecular weight is 488 g/mol. The van der Waals surface area contributed by atoms with Gasteiger partial charge in [0.2, 0.25) is 5.91 Å². The molecule has 36 heavy (non-hydrogen) atoms. The molecule has 4 aromatic rings. The van der Waals surface area contributed by atoms with Gasteiger partial charge in [0.15, 0.2) is 17.3 Å². The number of H-pyrrole nitrogens is 1. The molecule has 0 aliphatic heterocycles. The van der Waals surface area contributed by atoms with Crippen LogP contribution in [0.5, 0.6) is 0 Å². The van der Waals surface area contributed by atoms with Crippen LogP contribution in [0.15, 0.2) is 68.7 Å². The molecule has 0 radical (unpaired) electrons. The maximum atomic E-state index is 13.1. The van der Waals surface area contributed by atoms with Crippen molar-refractivity contribution in [1.29, 1.82) is 0 Å². The Morgan fingerprint density at radius 1 is 1.11 bits per heavy atom. The fourth-order valence-electron chi connectivity index (χ4n) is 4.02. The highest BCUT2D eigenvalue weighted by molar-refractivity contribution is 5.95. The molecule has 0 fully saturated rings. The summed E-state index contributed by atoms with van der Waals surface area (Å²) in [6.07, 6.45) is 1.95. The van der Waals surface area contributed by atoms with Crippen LogP contribution < -0.4 is 21.9 Å². The molecule has 2 aromatic heterocycles. The third-order valence-corrected chi connectivity index (χ3v) is 6.18. The van der Waals surface area contributed by atoms with Crippen LogP contribution in [0.2, 0.25) is 0 Å². The average Bonchev–Trinajstić information content (AvgIpc) is 3.34.